The molecule has 0 unspecified atom stereocenters. The smallest absolute Gasteiger partial charge is 0.235 e. The molecule has 4 heterocycles. The van der Waals surface area contributed by atoms with E-state index in [1.807, 2.05) is 0 Å². The van der Waals surface area contributed by atoms with Crippen molar-refractivity contribution in [1.29, 1.82) is 0 Å². The Morgan fingerprint density at radius 2 is 1.00 bits per heavy atom. The topological polar surface area (TPSA) is 48.8 Å². The van der Waals surface area contributed by atoms with Gasteiger partial charge in [0.15, 0.2) is 5.58 Å². The third kappa shape index (κ3) is 3.70. The van der Waals surface area contributed by atoms with Gasteiger partial charge in [0.25, 0.3) is 0 Å². The molecule has 49 heavy (non-hydrogen) atoms. The van der Waals surface area contributed by atoms with Crippen LogP contribution in [0.25, 0.3) is 99.2 Å². The number of aromatic nitrogens is 4. The molecule has 0 bridgehead atoms. The van der Waals surface area contributed by atoms with Crippen LogP contribution in [0, 0.1) is 0 Å². The first kappa shape index (κ1) is 26.4. The molecule has 0 fully saturated rings. The maximum atomic E-state index is 6.34. The summed E-state index contributed by atoms with van der Waals surface area (Å²) in [7, 11) is 0. The highest BCUT2D eigenvalue weighted by Gasteiger charge is 2.20. The van der Waals surface area contributed by atoms with Gasteiger partial charge in [0.2, 0.25) is 5.95 Å². The van der Waals surface area contributed by atoms with E-state index in [0.29, 0.717) is 11.5 Å². The second kappa shape index (κ2) is 9.89. The predicted octanol–water partition coefficient (Wildman–Crippen LogP) is 11.4. The van der Waals surface area contributed by atoms with Gasteiger partial charge in [0.1, 0.15) is 11.1 Å². The number of hydrogen-bond donors (Lipinski definition) is 0. The van der Waals surface area contributed by atoms with Crippen molar-refractivity contribution < 1.29 is 4.42 Å². The second-order valence-corrected chi connectivity index (χ2v) is 12.6. The van der Waals surface area contributed by atoms with E-state index < -0.39 is 0 Å². The van der Waals surface area contributed by atoms with Gasteiger partial charge in [0, 0.05) is 37.9 Å². The first-order valence-electron chi connectivity index (χ1n) is 16.5. The fourth-order valence-corrected chi connectivity index (χ4v) is 7.86. The van der Waals surface area contributed by atoms with Crippen LogP contribution in [0.1, 0.15) is 0 Å². The minimum atomic E-state index is 0.620. The molecule has 0 saturated heterocycles. The summed E-state index contributed by atoms with van der Waals surface area (Å²) < 4.78 is 10.9. The summed E-state index contributed by atoms with van der Waals surface area (Å²) in [6.45, 7) is 0. The molecule has 0 aliphatic carbocycles. The average Bonchev–Trinajstić information content (AvgIpc) is 3.81. The molecule has 228 valence electrons. The van der Waals surface area contributed by atoms with Crippen LogP contribution in [0.4, 0.5) is 0 Å². The Bertz CT molecular complexity index is 3020. The van der Waals surface area contributed by atoms with Crippen LogP contribution in [0.3, 0.4) is 0 Å². The minimum absolute atomic E-state index is 0.620. The van der Waals surface area contributed by atoms with Crippen LogP contribution in [0.5, 0.6) is 0 Å². The lowest BCUT2D eigenvalue weighted by atomic mass is 9.97. The Kier molecular flexibility index (Phi) is 5.32. The summed E-state index contributed by atoms with van der Waals surface area (Å²) in [6, 6.07) is 53.8. The maximum absolute atomic E-state index is 6.34. The average molecular weight is 627 g/mol. The summed E-state index contributed by atoms with van der Waals surface area (Å²) in [4.78, 5) is 10.0. The maximum Gasteiger partial charge on any atom is 0.235 e. The van der Waals surface area contributed by atoms with E-state index >= 15 is 0 Å². The molecule has 0 aliphatic heterocycles. The highest BCUT2D eigenvalue weighted by Crippen LogP contribution is 2.41. The number of benzene rings is 7. The van der Waals surface area contributed by atoms with E-state index in [1.165, 1.54) is 43.4 Å². The van der Waals surface area contributed by atoms with E-state index in [-0.39, 0.29) is 0 Å². The molecule has 5 nitrogen and oxygen atoms in total. The van der Waals surface area contributed by atoms with Crippen molar-refractivity contribution in [3.8, 4) is 22.8 Å². The van der Waals surface area contributed by atoms with E-state index in [2.05, 4.69) is 161 Å². The zero-order chi connectivity index (χ0) is 32.1. The van der Waals surface area contributed by atoms with E-state index in [9.17, 15) is 0 Å². The first-order chi connectivity index (χ1) is 24.3. The largest absolute Gasteiger partial charge is 0.453 e. The summed E-state index contributed by atoms with van der Waals surface area (Å²) >= 11 is 0. The van der Waals surface area contributed by atoms with Crippen molar-refractivity contribution in [3.63, 3.8) is 0 Å². The normalized spacial score (nSPS) is 12.1. The van der Waals surface area contributed by atoms with Gasteiger partial charge in [-0.25, -0.2) is 9.97 Å². The summed E-state index contributed by atoms with van der Waals surface area (Å²) in [6.07, 6.45) is 1.81. The molecule has 4 aromatic heterocycles. The van der Waals surface area contributed by atoms with Crippen LogP contribution >= 0.6 is 0 Å². The first-order valence-corrected chi connectivity index (χ1v) is 16.5. The summed E-state index contributed by atoms with van der Waals surface area (Å²) in [5.41, 5.74) is 10.1. The zero-order valence-electron chi connectivity index (χ0n) is 26.2. The van der Waals surface area contributed by atoms with Crippen molar-refractivity contribution in [1.82, 2.24) is 19.1 Å². The van der Waals surface area contributed by atoms with Gasteiger partial charge < -0.3 is 8.98 Å². The van der Waals surface area contributed by atoms with Gasteiger partial charge in [-0.15, -0.1) is 0 Å². The lowest BCUT2D eigenvalue weighted by Crippen LogP contribution is -2.00. The quantitative estimate of drug-likeness (QED) is 0.196. The Morgan fingerprint density at radius 1 is 0.449 bits per heavy atom. The fourth-order valence-electron chi connectivity index (χ4n) is 7.86. The highest BCUT2D eigenvalue weighted by molar-refractivity contribution is 6.13. The molecule has 0 N–H and O–H groups in total. The number of para-hydroxylation sites is 4. The molecule has 5 heteroatoms. The predicted molar refractivity (Wildman–Crippen MR) is 201 cm³/mol. The van der Waals surface area contributed by atoms with Crippen LogP contribution in [0.2, 0.25) is 0 Å². The van der Waals surface area contributed by atoms with E-state index in [1.54, 1.807) is 6.20 Å². The summed E-state index contributed by atoms with van der Waals surface area (Å²) in [5, 5.41) is 8.18. The number of fused-ring (bicyclic) bond motifs is 10. The van der Waals surface area contributed by atoms with E-state index in [4.69, 9.17) is 14.4 Å². The molecule has 11 rings (SSSR count). The SMILES string of the molecule is c1ccc2c(-n3c4ccccc4c4ccccc43)c(-c3ccc4oc5cnc(-n6c7ccccc7c7ccccc76)nc5c4c3)ccc2c1. The number of furan rings is 1. The van der Waals surface area contributed by atoms with Crippen molar-refractivity contribution in [2.45, 2.75) is 0 Å². The molecule has 0 radical (unpaired) electrons. The zero-order valence-corrected chi connectivity index (χ0v) is 26.2. The van der Waals surface area contributed by atoms with Crippen LogP contribution in [0.15, 0.2) is 162 Å². The van der Waals surface area contributed by atoms with Gasteiger partial charge in [-0.2, -0.15) is 0 Å². The third-order valence-corrected chi connectivity index (χ3v) is 9.99. The third-order valence-electron chi connectivity index (χ3n) is 9.99. The lowest BCUT2D eigenvalue weighted by Gasteiger charge is -2.17. The van der Waals surface area contributed by atoms with Gasteiger partial charge in [0.05, 0.1) is 34.0 Å². The monoisotopic (exact) mass is 626 g/mol. The van der Waals surface area contributed by atoms with Crippen LogP contribution < -0.4 is 0 Å². The van der Waals surface area contributed by atoms with Gasteiger partial charge in [-0.3, -0.25) is 4.57 Å². The van der Waals surface area contributed by atoms with Gasteiger partial charge >= 0.3 is 0 Å². The van der Waals surface area contributed by atoms with E-state index in [0.717, 1.165) is 44.3 Å². The van der Waals surface area contributed by atoms with Crippen molar-refractivity contribution in [3.05, 3.63) is 158 Å². The minimum Gasteiger partial charge on any atom is -0.453 e. The molecule has 7 aromatic carbocycles. The molecule has 0 atom stereocenters. The van der Waals surface area contributed by atoms with Gasteiger partial charge in [-0.1, -0.05) is 115 Å². The molecule has 0 saturated carbocycles. The number of rotatable bonds is 3. The molecule has 0 amide bonds. The highest BCUT2D eigenvalue weighted by atomic mass is 16.3. The number of nitrogens with zero attached hydrogens (tertiary/aromatic N) is 4. The Labute approximate surface area is 279 Å². The Hall–Kier alpha value is -6.72. The van der Waals surface area contributed by atoms with Gasteiger partial charge in [-0.05, 0) is 47.3 Å². The molecule has 0 spiro atoms. The van der Waals surface area contributed by atoms with Crippen molar-refractivity contribution in [2.24, 2.45) is 0 Å². The van der Waals surface area contributed by atoms with Crippen LogP contribution in [-0.2, 0) is 0 Å². The second-order valence-electron chi connectivity index (χ2n) is 12.6. The Balaban J connectivity index is 1.18. The lowest BCUT2D eigenvalue weighted by molar-refractivity contribution is 0.665. The number of hydrogen-bond acceptors (Lipinski definition) is 3. The molecule has 0 aliphatic rings. The van der Waals surface area contributed by atoms with Crippen molar-refractivity contribution in [2.75, 3.05) is 0 Å². The summed E-state index contributed by atoms with van der Waals surface area (Å²) in [5.74, 6) is 0.620. The van der Waals surface area contributed by atoms with Crippen LogP contribution in [-0.4, -0.2) is 19.1 Å². The standard InChI is InChI=1S/C44H26N4O/c1-2-12-29-27(11-1)21-23-30(43(29)47-36-17-7-3-13-31(36)32-14-4-8-18-37(32)47)28-22-24-40-35(25-28)42-41(49-40)26-45-44(46-42)48-38-19-9-5-15-33(38)34-16-6-10-20-39(34)48/h1-26H. The fraction of sp³-hybridized carbons (Fsp3) is 0. The molecule has 11 aromatic rings. The molecular formula is C44H26N4O. The van der Waals surface area contributed by atoms with Crippen molar-refractivity contribution >= 4 is 76.5 Å². The molecular weight excluding hydrogens is 601 g/mol. The Morgan fingerprint density at radius 3 is 1.63 bits per heavy atom.